The van der Waals surface area contributed by atoms with Crippen molar-refractivity contribution in [3.8, 4) is 0 Å². The molecule has 0 aromatic carbocycles. The van der Waals surface area contributed by atoms with Gasteiger partial charge in [-0.2, -0.15) is 0 Å². The van der Waals surface area contributed by atoms with E-state index >= 15 is 0 Å². The van der Waals surface area contributed by atoms with Gasteiger partial charge in [0.1, 0.15) is 0 Å². The minimum atomic E-state index is -1.20. The first-order valence-corrected chi connectivity index (χ1v) is 7.42. The van der Waals surface area contributed by atoms with Crippen molar-refractivity contribution in [2.24, 2.45) is 5.41 Å². The Morgan fingerprint density at radius 1 is 1.30 bits per heavy atom. The summed E-state index contributed by atoms with van der Waals surface area (Å²) in [6, 6.07) is 1.58. The van der Waals surface area contributed by atoms with Crippen molar-refractivity contribution in [1.29, 1.82) is 0 Å². The Labute approximate surface area is 135 Å². The Morgan fingerprint density at radius 2 is 1.96 bits per heavy atom. The van der Waals surface area contributed by atoms with E-state index in [0.717, 1.165) is 0 Å². The number of carbonyl (C=O) groups is 2. The van der Waals surface area contributed by atoms with Crippen LogP contribution < -0.4 is 0 Å². The van der Waals surface area contributed by atoms with Gasteiger partial charge in [0.2, 0.25) is 0 Å². The van der Waals surface area contributed by atoms with Gasteiger partial charge in [0.05, 0.1) is 6.10 Å². The highest BCUT2D eigenvalue weighted by atomic mass is 16.7. The number of aromatic amines is 1. The number of carbonyl (C=O) groups excluding carboxylic acids is 1. The molecule has 1 aromatic heterocycles. The van der Waals surface area contributed by atoms with E-state index < -0.39 is 36.4 Å². The second kappa shape index (κ2) is 8.12. The van der Waals surface area contributed by atoms with E-state index in [4.69, 9.17) is 19.3 Å². The lowest BCUT2D eigenvalue weighted by atomic mass is 9.89. The molecule has 1 heterocycles. The molecule has 0 amide bonds. The fraction of sp³-hybridized carbons (Fsp3) is 0.625. The summed E-state index contributed by atoms with van der Waals surface area (Å²) in [5.41, 5.74) is -0.00636. The van der Waals surface area contributed by atoms with Crippen molar-refractivity contribution in [2.75, 3.05) is 6.79 Å². The molecule has 1 aromatic rings. The van der Waals surface area contributed by atoms with Crippen molar-refractivity contribution in [2.45, 2.75) is 52.9 Å². The van der Waals surface area contributed by atoms with Crippen LogP contribution in [-0.4, -0.2) is 41.0 Å². The number of nitrogens with one attached hydrogen (secondary N) is 1. The van der Waals surface area contributed by atoms with Crippen LogP contribution in [0.25, 0.3) is 0 Å². The summed E-state index contributed by atoms with van der Waals surface area (Å²) < 4.78 is 15.8. The number of hydrogen-bond acceptors (Lipinski definition) is 5. The highest BCUT2D eigenvalue weighted by molar-refractivity contribution is 5.76. The molecule has 7 nitrogen and oxygen atoms in total. The van der Waals surface area contributed by atoms with E-state index in [1.165, 1.54) is 6.20 Å². The van der Waals surface area contributed by atoms with E-state index in [1.807, 2.05) is 34.6 Å². The molecular formula is C16H25NO6. The first-order chi connectivity index (χ1) is 10.6. The lowest BCUT2D eigenvalue weighted by Gasteiger charge is -2.30. The second-order valence-electron chi connectivity index (χ2n) is 6.54. The topological polar surface area (TPSA) is 97.8 Å². The molecule has 0 radical (unpaired) electrons. The van der Waals surface area contributed by atoms with Crippen LogP contribution in [0.15, 0.2) is 18.5 Å². The van der Waals surface area contributed by atoms with E-state index in [2.05, 4.69) is 4.98 Å². The lowest BCUT2D eigenvalue weighted by Crippen LogP contribution is -2.40. The van der Waals surface area contributed by atoms with Crippen LogP contribution in [-0.2, 0) is 23.8 Å². The Hall–Kier alpha value is -1.86. The number of carboxylic acid groups (broad SMARTS) is 1. The molecule has 0 saturated carbocycles. The van der Waals surface area contributed by atoms with Crippen LogP contribution >= 0.6 is 0 Å². The first-order valence-electron chi connectivity index (χ1n) is 7.42. The number of H-pyrrole nitrogens is 1. The Morgan fingerprint density at radius 3 is 2.39 bits per heavy atom. The van der Waals surface area contributed by atoms with Gasteiger partial charge < -0.3 is 24.3 Å². The zero-order chi connectivity index (χ0) is 17.6. The molecule has 0 fully saturated rings. The predicted octanol–water partition coefficient (Wildman–Crippen LogP) is 2.50. The Bertz CT molecular complexity index is 503. The summed E-state index contributed by atoms with van der Waals surface area (Å²) >= 11 is 0. The van der Waals surface area contributed by atoms with Crippen molar-refractivity contribution >= 4 is 11.9 Å². The predicted molar refractivity (Wildman–Crippen MR) is 82.7 cm³/mol. The highest BCUT2D eigenvalue weighted by Gasteiger charge is 2.34. The van der Waals surface area contributed by atoms with E-state index in [1.54, 1.807) is 12.3 Å². The van der Waals surface area contributed by atoms with Crippen molar-refractivity contribution in [3.63, 3.8) is 0 Å². The number of esters is 1. The van der Waals surface area contributed by atoms with Gasteiger partial charge in [-0.25, -0.2) is 9.59 Å². The summed E-state index contributed by atoms with van der Waals surface area (Å²) in [4.78, 5) is 26.1. The number of carboxylic acids is 1. The molecule has 0 aliphatic rings. The van der Waals surface area contributed by atoms with Gasteiger partial charge in [-0.3, -0.25) is 0 Å². The van der Waals surface area contributed by atoms with Gasteiger partial charge in [-0.1, -0.05) is 20.8 Å². The third-order valence-electron chi connectivity index (χ3n) is 2.99. The largest absolute Gasteiger partial charge is 0.479 e. The molecule has 1 rings (SSSR count). The minimum Gasteiger partial charge on any atom is -0.479 e. The maximum Gasteiger partial charge on any atom is 0.337 e. The Kier molecular flexibility index (Phi) is 6.78. The van der Waals surface area contributed by atoms with Crippen LogP contribution in [0.3, 0.4) is 0 Å². The Balaban J connectivity index is 2.61. The van der Waals surface area contributed by atoms with Crippen molar-refractivity contribution in [3.05, 3.63) is 24.0 Å². The zero-order valence-electron chi connectivity index (χ0n) is 14.2. The summed E-state index contributed by atoms with van der Waals surface area (Å²) in [6.07, 6.45) is 1.00. The standard InChI is InChI=1S/C16H25NO6/c1-10(2)23-13(16(3,4)5)15(20)22-9-21-12(14(18)19)11-6-7-17-8-11/h6-8,10,12-13,17H,9H2,1-5H3,(H,18,19)/t12-,13+/m0/s1. The van der Waals surface area contributed by atoms with E-state index in [0.29, 0.717) is 5.56 Å². The molecule has 0 unspecified atom stereocenters. The molecule has 23 heavy (non-hydrogen) atoms. The molecule has 2 N–H and O–H groups in total. The summed E-state index contributed by atoms with van der Waals surface area (Å²) in [7, 11) is 0. The summed E-state index contributed by atoms with van der Waals surface area (Å²) in [5, 5.41) is 9.16. The molecule has 0 aliphatic carbocycles. The summed E-state index contributed by atoms with van der Waals surface area (Å²) in [5.74, 6) is -1.74. The van der Waals surface area contributed by atoms with Crippen LogP contribution in [0.4, 0.5) is 0 Å². The zero-order valence-corrected chi connectivity index (χ0v) is 14.2. The second-order valence-corrected chi connectivity index (χ2v) is 6.54. The van der Waals surface area contributed by atoms with E-state index in [9.17, 15) is 9.59 Å². The lowest BCUT2D eigenvalue weighted by molar-refractivity contribution is -0.189. The van der Waals surface area contributed by atoms with Gasteiger partial charge in [-0.05, 0) is 25.3 Å². The quantitative estimate of drug-likeness (QED) is 0.562. The van der Waals surface area contributed by atoms with Gasteiger partial charge in [0.15, 0.2) is 19.0 Å². The average Bonchev–Trinajstić information content (AvgIpc) is 2.92. The highest BCUT2D eigenvalue weighted by Crippen LogP contribution is 2.25. The number of rotatable bonds is 8. The molecule has 0 bridgehead atoms. The van der Waals surface area contributed by atoms with Crippen molar-refractivity contribution < 1.29 is 28.9 Å². The normalized spacial score (nSPS) is 14.5. The van der Waals surface area contributed by atoms with Crippen LogP contribution in [0, 0.1) is 5.41 Å². The average molecular weight is 327 g/mol. The van der Waals surface area contributed by atoms with Crippen molar-refractivity contribution in [1.82, 2.24) is 4.98 Å². The third kappa shape index (κ3) is 6.03. The molecule has 0 aliphatic heterocycles. The smallest absolute Gasteiger partial charge is 0.337 e. The number of aromatic nitrogens is 1. The number of hydrogen-bond donors (Lipinski definition) is 2. The maximum absolute atomic E-state index is 12.2. The number of ether oxygens (including phenoxy) is 3. The molecule has 2 atom stereocenters. The van der Waals surface area contributed by atoms with Gasteiger partial charge in [0, 0.05) is 18.0 Å². The van der Waals surface area contributed by atoms with Gasteiger partial charge >= 0.3 is 11.9 Å². The maximum atomic E-state index is 12.2. The molecule has 7 heteroatoms. The first kappa shape index (κ1) is 19.2. The van der Waals surface area contributed by atoms with Crippen LogP contribution in [0.5, 0.6) is 0 Å². The van der Waals surface area contributed by atoms with Crippen LogP contribution in [0.2, 0.25) is 0 Å². The fourth-order valence-corrected chi connectivity index (χ4v) is 1.93. The van der Waals surface area contributed by atoms with Gasteiger partial charge in [0.25, 0.3) is 0 Å². The third-order valence-corrected chi connectivity index (χ3v) is 2.99. The molecule has 130 valence electrons. The van der Waals surface area contributed by atoms with Crippen LogP contribution in [0.1, 0.15) is 46.3 Å². The van der Waals surface area contributed by atoms with E-state index in [-0.39, 0.29) is 6.10 Å². The molecular weight excluding hydrogens is 302 g/mol. The molecule has 0 saturated heterocycles. The van der Waals surface area contributed by atoms with Gasteiger partial charge in [-0.15, -0.1) is 0 Å². The monoisotopic (exact) mass is 327 g/mol. The summed E-state index contributed by atoms with van der Waals surface area (Å²) in [6.45, 7) is 8.78. The SMILES string of the molecule is CC(C)O[C@H](C(=O)OCO[C@H](C(=O)O)c1cc[nH]c1)C(C)(C)C. The minimum absolute atomic E-state index is 0.140. The number of aliphatic carboxylic acids is 1. The molecule has 0 spiro atoms. The fourth-order valence-electron chi connectivity index (χ4n) is 1.93.